The van der Waals surface area contributed by atoms with Gasteiger partial charge in [0.15, 0.2) is 0 Å². The van der Waals surface area contributed by atoms with Crippen LogP contribution in [0.3, 0.4) is 0 Å². The van der Waals surface area contributed by atoms with E-state index in [2.05, 4.69) is 15.4 Å². The first-order valence-corrected chi connectivity index (χ1v) is 11.2. The molecule has 1 saturated carbocycles. The molecule has 0 radical (unpaired) electrons. The van der Waals surface area contributed by atoms with E-state index in [-0.39, 0.29) is 16.5 Å². The maximum absolute atomic E-state index is 13.0. The maximum Gasteiger partial charge on any atom is 0.261 e. The highest BCUT2D eigenvalue weighted by atomic mass is 32.2. The van der Waals surface area contributed by atoms with E-state index in [9.17, 15) is 22.4 Å². The fourth-order valence-electron chi connectivity index (χ4n) is 3.61. The zero-order valence-electron chi connectivity index (χ0n) is 16.6. The Hall–Kier alpha value is -2.94. The van der Waals surface area contributed by atoms with Gasteiger partial charge in [0, 0.05) is 18.3 Å². The molecule has 2 amide bonds. The van der Waals surface area contributed by atoms with Crippen LogP contribution in [0.2, 0.25) is 0 Å². The first-order valence-electron chi connectivity index (χ1n) is 9.69. The first-order chi connectivity index (χ1) is 14.3. The molecule has 0 atom stereocenters. The van der Waals surface area contributed by atoms with Crippen molar-refractivity contribution in [1.29, 1.82) is 0 Å². The summed E-state index contributed by atoms with van der Waals surface area (Å²) >= 11 is 0. The number of halogens is 1. The van der Waals surface area contributed by atoms with Crippen molar-refractivity contribution in [1.82, 2.24) is 10.6 Å². The van der Waals surface area contributed by atoms with E-state index in [4.69, 9.17) is 0 Å². The normalized spacial score (nSPS) is 15.8. The Balaban J connectivity index is 1.72. The van der Waals surface area contributed by atoms with Crippen molar-refractivity contribution in [3.63, 3.8) is 0 Å². The summed E-state index contributed by atoms with van der Waals surface area (Å²) in [4.78, 5) is 25.0. The van der Waals surface area contributed by atoms with Crippen LogP contribution in [-0.4, -0.2) is 32.8 Å². The average molecular weight is 434 g/mol. The molecule has 0 aliphatic heterocycles. The summed E-state index contributed by atoms with van der Waals surface area (Å²) in [6.07, 6.45) is 3.90. The van der Waals surface area contributed by atoms with Crippen molar-refractivity contribution in [3.05, 3.63) is 59.9 Å². The second kappa shape index (κ2) is 8.83. The number of hydrogen-bond donors (Lipinski definition) is 3. The number of rotatable bonds is 6. The molecule has 2 aromatic carbocycles. The number of likely N-dealkylation sites (N-methyl/N-ethyl adjacent to an activating group) is 1. The Labute approximate surface area is 175 Å². The minimum atomic E-state index is -3.88. The minimum Gasteiger partial charge on any atom is -0.357 e. The molecule has 1 aliphatic carbocycles. The summed E-state index contributed by atoms with van der Waals surface area (Å²) in [6, 6.07) is 10.4. The number of carbonyl (C=O) groups excluding carboxylic acids is 2. The molecule has 30 heavy (non-hydrogen) atoms. The van der Waals surface area contributed by atoms with Gasteiger partial charge in [-0.05, 0) is 61.4 Å². The van der Waals surface area contributed by atoms with Gasteiger partial charge in [0.2, 0.25) is 5.91 Å². The van der Waals surface area contributed by atoms with Gasteiger partial charge in [-0.1, -0.05) is 19.3 Å². The first kappa shape index (κ1) is 21.8. The summed E-state index contributed by atoms with van der Waals surface area (Å²) in [5.74, 6) is -1.13. The molecule has 0 spiro atoms. The summed E-state index contributed by atoms with van der Waals surface area (Å²) in [5, 5.41) is 5.51. The third-order valence-electron chi connectivity index (χ3n) is 5.24. The Morgan fingerprint density at radius 1 is 0.933 bits per heavy atom. The van der Waals surface area contributed by atoms with E-state index >= 15 is 0 Å². The van der Waals surface area contributed by atoms with Crippen LogP contribution in [-0.2, 0) is 14.8 Å². The van der Waals surface area contributed by atoms with Gasteiger partial charge < -0.3 is 10.6 Å². The SMILES string of the molecule is CNC(=O)C1(NC(=O)c2ccc(NS(=O)(=O)c3ccc(F)cc3)cc2)CCCCC1. The number of amides is 2. The molecule has 9 heteroatoms. The van der Waals surface area contributed by atoms with Gasteiger partial charge in [-0.3, -0.25) is 14.3 Å². The third-order valence-corrected chi connectivity index (χ3v) is 6.64. The van der Waals surface area contributed by atoms with E-state index in [1.54, 1.807) is 7.05 Å². The second-order valence-electron chi connectivity index (χ2n) is 7.31. The van der Waals surface area contributed by atoms with Crippen molar-refractivity contribution in [2.24, 2.45) is 0 Å². The fourth-order valence-corrected chi connectivity index (χ4v) is 4.67. The molecule has 3 N–H and O–H groups in total. The largest absolute Gasteiger partial charge is 0.357 e. The van der Waals surface area contributed by atoms with E-state index in [0.717, 1.165) is 31.4 Å². The lowest BCUT2D eigenvalue weighted by Crippen LogP contribution is -2.59. The van der Waals surface area contributed by atoms with E-state index in [0.29, 0.717) is 18.4 Å². The Morgan fingerprint density at radius 3 is 2.10 bits per heavy atom. The molecule has 0 bridgehead atoms. The van der Waals surface area contributed by atoms with Gasteiger partial charge in [-0.15, -0.1) is 0 Å². The minimum absolute atomic E-state index is 0.0736. The van der Waals surface area contributed by atoms with Crippen LogP contribution in [0.25, 0.3) is 0 Å². The smallest absolute Gasteiger partial charge is 0.261 e. The highest BCUT2D eigenvalue weighted by Crippen LogP contribution is 2.29. The van der Waals surface area contributed by atoms with Crippen molar-refractivity contribution in [2.45, 2.75) is 42.5 Å². The Kier molecular flexibility index (Phi) is 6.40. The number of benzene rings is 2. The van der Waals surface area contributed by atoms with E-state index in [1.807, 2.05) is 0 Å². The van der Waals surface area contributed by atoms with Crippen LogP contribution in [0.4, 0.5) is 10.1 Å². The van der Waals surface area contributed by atoms with Crippen LogP contribution >= 0.6 is 0 Å². The molecule has 0 unspecified atom stereocenters. The molecule has 1 aliphatic rings. The zero-order valence-corrected chi connectivity index (χ0v) is 17.4. The summed E-state index contributed by atoms with van der Waals surface area (Å²) in [7, 11) is -2.33. The molecule has 0 aromatic heterocycles. The topological polar surface area (TPSA) is 104 Å². The van der Waals surface area contributed by atoms with Crippen molar-refractivity contribution < 1.29 is 22.4 Å². The van der Waals surface area contributed by atoms with Gasteiger partial charge in [0.1, 0.15) is 11.4 Å². The quantitative estimate of drug-likeness (QED) is 0.652. The Morgan fingerprint density at radius 2 is 1.53 bits per heavy atom. The standard InChI is InChI=1S/C21H24FN3O4S/c1-23-20(27)21(13-3-2-4-14-21)24-19(26)15-5-9-17(10-6-15)25-30(28,29)18-11-7-16(22)8-12-18/h5-12,25H,2-4,13-14H2,1H3,(H,23,27)(H,24,26). The zero-order chi connectivity index (χ0) is 21.8. The van der Waals surface area contributed by atoms with Gasteiger partial charge in [0.25, 0.3) is 15.9 Å². The molecular formula is C21H24FN3O4S. The van der Waals surface area contributed by atoms with Crippen molar-refractivity contribution >= 4 is 27.5 Å². The van der Waals surface area contributed by atoms with Gasteiger partial charge >= 0.3 is 0 Å². The highest BCUT2D eigenvalue weighted by molar-refractivity contribution is 7.92. The predicted octanol–water partition coefficient (Wildman–Crippen LogP) is 2.81. The lowest BCUT2D eigenvalue weighted by atomic mass is 9.80. The second-order valence-corrected chi connectivity index (χ2v) is 9.00. The fraction of sp³-hybridized carbons (Fsp3) is 0.333. The number of carbonyl (C=O) groups is 2. The summed E-state index contributed by atoms with van der Waals surface area (Å²) in [5.41, 5.74) is -0.351. The monoisotopic (exact) mass is 433 g/mol. The number of hydrogen-bond acceptors (Lipinski definition) is 4. The van der Waals surface area contributed by atoms with Gasteiger partial charge in [-0.25, -0.2) is 12.8 Å². The Bertz CT molecular complexity index is 1020. The van der Waals surface area contributed by atoms with Crippen molar-refractivity contribution in [3.8, 4) is 0 Å². The third kappa shape index (κ3) is 4.79. The van der Waals surface area contributed by atoms with Crippen LogP contribution in [0.15, 0.2) is 53.4 Å². The molecule has 160 valence electrons. The molecule has 7 nitrogen and oxygen atoms in total. The number of anilines is 1. The molecule has 1 fully saturated rings. The lowest BCUT2D eigenvalue weighted by Gasteiger charge is -2.36. The van der Waals surface area contributed by atoms with Crippen molar-refractivity contribution in [2.75, 3.05) is 11.8 Å². The highest BCUT2D eigenvalue weighted by Gasteiger charge is 2.40. The molecular weight excluding hydrogens is 409 g/mol. The van der Waals surface area contributed by atoms with E-state index in [1.165, 1.54) is 36.4 Å². The van der Waals surface area contributed by atoms with Gasteiger partial charge in [-0.2, -0.15) is 0 Å². The average Bonchev–Trinajstić information content (AvgIpc) is 2.74. The van der Waals surface area contributed by atoms with Crippen LogP contribution < -0.4 is 15.4 Å². The molecule has 0 heterocycles. The van der Waals surface area contributed by atoms with Crippen LogP contribution in [0.5, 0.6) is 0 Å². The summed E-state index contributed by atoms with van der Waals surface area (Å²) in [6.45, 7) is 0. The van der Waals surface area contributed by atoms with Crippen LogP contribution in [0.1, 0.15) is 42.5 Å². The van der Waals surface area contributed by atoms with Crippen LogP contribution in [0, 0.1) is 5.82 Å². The van der Waals surface area contributed by atoms with Gasteiger partial charge in [0.05, 0.1) is 4.90 Å². The van der Waals surface area contributed by atoms with E-state index < -0.39 is 27.3 Å². The summed E-state index contributed by atoms with van der Waals surface area (Å²) < 4.78 is 40.2. The molecule has 2 aromatic rings. The lowest BCUT2D eigenvalue weighted by molar-refractivity contribution is -0.128. The maximum atomic E-state index is 13.0. The molecule has 3 rings (SSSR count). The number of nitrogens with one attached hydrogen (secondary N) is 3. The molecule has 0 saturated heterocycles. The number of sulfonamides is 1. The predicted molar refractivity (Wildman–Crippen MR) is 111 cm³/mol.